The second kappa shape index (κ2) is 15.9. The summed E-state index contributed by atoms with van der Waals surface area (Å²) >= 11 is 0. The fraction of sp³-hybridized carbons (Fsp3) is 0.688. The zero-order valence-electron chi connectivity index (χ0n) is 26.3. The molecule has 14 heteroatoms. The summed E-state index contributed by atoms with van der Waals surface area (Å²) in [6, 6.07) is 2.64. The molecule has 1 aromatic carbocycles. The molecule has 46 heavy (non-hydrogen) atoms. The van der Waals surface area contributed by atoms with Crippen molar-refractivity contribution in [3.05, 3.63) is 35.1 Å². The highest BCUT2D eigenvalue weighted by molar-refractivity contribution is 6.43. The number of nitrogens with zero attached hydrogens (tertiary/aromatic N) is 2. The Morgan fingerprint density at radius 1 is 0.891 bits per heavy atom. The number of alkyl carbamates (subject to hydrolysis) is 1. The van der Waals surface area contributed by atoms with Crippen molar-refractivity contribution >= 4 is 31.1 Å². The Labute approximate surface area is 269 Å². The number of halogens is 1. The molecule has 1 saturated carbocycles. The van der Waals surface area contributed by atoms with Crippen molar-refractivity contribution in [2.75, 3.05) is 6.54 Å². The SMILES string of the molecule is O=C(NC1CCCCCCCCC[C@H](B(O)O)NC(=O)[C@@H]2C[C@@H](OC(=O)N3Cc4cccc(F)c4C3)CN2C1=O)OC1CCCC1. The molecule has 4 aliphatic rings. The minimum absolute atomic E-state index is 0.0219. The van der Waals surface area contributed by atoms with Crippen molar-refractivity contribution < 1.29 is 43.1 Å². The van der Waals surface area contributed by atoms with Gasteiger partial charge >= 0.3 is 19.3 Å². The maximum Gasteiger partial charge on any atom is 0.475 e. The Morgan fingerprint density at radius 3 is 2.26 bits per heavy atom. The molecule has 0 bridgehead atoms. The molecule has 3 aliphatic heterocycles. The van der Waals surface area contributed by atoms with E-state index in [9.17, 15) is 33.6 Å². The highest BCUT2D eigenvalue weighted by atomic mass is 19.1. The van der Waals surface area contributed by atoms with E-state index in [1.54, 1.807) is 12.1 Å². The quantitative estimate of drug-likeness (QED) is 0.364. The molecular formula is C32H46BFN4O8. The van der Waals surface area contributed by atoms with Crippen molar-refractivity contribution in [2.45, 2.75) is 133 Å². The number of amides is 4. The second-order valence-electron chi connectivity index (χ2n) is 13.1. The van der Waals surface area contributed by atoms with Gasteiger partial charge in [-0.25, -0.2) is 14.0 Å². The summed E-state index contributed by atoms with van der Waals surface area (Å²) in [6.07, 6.45) is 7.84. The zero-order valence-corrected chi connectivity index (χ0v) is 26.3. The Hall–Kier alpha value is -3.39. The highest BCUT2D eigenvalue weighted by Gasteiger charge is 2.45. The van der Waals surface area contributed by atoms with E-state index in [-0.39, 0.29) is 32.2 Å². The molecule has 252 valence electrons. The third-order valence-electron chi connectivity index (χ3n) is 9.66. The highest BCUT2D eigenvalue weighted by Crippen LogP contribution is 2.29. The summed E-state index contributed by atoms with van der Waals surface area (Å²) in [6.45, 7) is 0.127. The van der Waals surface area contributed by atoms with Crippen LogP contribution in [0.5, 0.6) is 0 Å². The average Bonchev–Trinajstić information content (AvgIpc) is 3.79. The summed E-state index contributed by atoms with van der Waals surface area (Å²) in [5, 5.41) is 25.5. The van der Waals surface area contributed by atoms with E-state index in [0.717, 1.165) is 57.8 Å². The lowest BCUT2D eigenvalue weighted by Gasteiger charge is -2.30. The zero-order chi connectivity index (χ0) is 32.6. The normalized spacial score (nSPS) is 26.7. The lowest BCUT2D eigenvalue weighted by Crippen LogP contribution is -2.56. The van der Waals surface area contributed by atoms with Crippen LogP contribution in [0, 0.1) is 5.82 Å². The molecule has 2 saturated heterocycles. The van der Waals surface area contributed by atoms with Crippen LogP contribution >= 0.6 is 0 Å². The Morgan fingerprint density at radius 2 is 1.57 bits per heavy atom. The van der Waals surface area contributed by atoms with Gasteiger partial charge in [-0.1, -0.05) is 57.1 Å². The number of nitrogens with one attached hydrogen (secondary N) is 2. The molecule has 5 rings (SSSR count). The van der Waals surface area contributed by atoms with Crippen molar-refractivity contribution in [1.29, 1.82) is 0 Å². The number of carbonyl (C=O) groups excluding carboxylic acids is 4. The molecule has 1 aromatic rings. The van der Waals surface area contributed by atoms with E-state index < -0.39 is 61.1 Å². The Balaban J connectivity index is 1.32. The third-order valence-corrected chi connectivity index (χ3v) is 9.66. The predicted molar refractivity (Wildman–Crippen MR) is 165 cm³/mol. The first-order valence-electron chi connectivity index (χ1n) is 16.9. The van der Waals surface area contributed by atoms with E-state index in [4.69, 9.17) is 9.47 Å². The number of hydrogen-bond acceptors (Lipinski definition) is 8. The van der Waals surface area contributed by atoms with Crippen LogP contribution in [0.4, 0.5) is 14.0 Å². The fourth-order valence-corrected chi connectivity index (χ4v) is 7.06. The number of rotatable bonds is 4. The van der Waals surface area contributed by atoms with Gasteiger partial charge in [0, 0.05) is 18.5 Å². The van der Waals surface area contributed by atoms with Gasteiger partial charge in [-0.05, 0) is 50.2 Å². The maximum atomic E-state index is 14.3. The number of hydrogen-bond donors (Lipinski definition) is 4. The van der Waals surface area contributed by atoms with Crippen molar-refractivity contribution in [2.24, 2.45) is 0 Å². The number of fused-ring (bicyclic) bond motifs is 2. The van der Waals surface area contributed by atoms with Crippen LogP contribution in [0.3, 0.4) is 0 Å². The number of carbonyl (C=O) groups is 4. The van der Waals surface area contributed by atoms with Crippen LogP contribution in [0.2, 0.25) is 0 Å². The van der Waals surface area contributed by atoms with Crippen molar-refractivity contribution in [1.82, 2.24) is 20.4 Å². The van der Waals surface area contributed by atoms with Gasteiger partial charge in [0.25, 0.3) is 0 Å². The molecule has 0 radical (unpaired) electrons. The van der Waals surface area contributed by atoms with Gasteiger partial charge in [0.05, 0.1) is 19.0 Å². The summed E-state index contributed by atoms with van der Waals surface area (Å²) in [5.41, 5.74) is 1.12. The van der Waals surface area contributed by atoms with E-state index in [2.05, 4.69) is 10.6 Å². The topological polar surface area (TPSA) is 158 Å². The fourth-order valence-electron chi connectivity index (χ4n) is 7.06. The van der Waals surface area contributed by atoms with Crippen LogP contribution in [0.15, 0.2) is 18.2 Å². The lowest BCUT2D eigenvalue weighted by atomic mass is 9.76. The molecule has 1 aliphatic carbocycles. The maximum absolute atomic E-state index is 14.3. The minimum Gasteiger partial charge on any atom is -0.446 e. The van der Waals surface area contributed by atoms with E-state index in [1.165, 1.54) is 15.9 Å². The first kappa shape index (κ1) is 34.0. The molecule has 3 fully saturated rings. The molecule has 4 amide bonds. The Kier molecular flexibility index (Phi) is 11.8. The molecular weight excluding hydrogens is 598 g/mol. The smallest absolute Gasteiger partial charge is 0.446 e. The van der Waals surface area contributed by atoms with E-state index in [1.807, 2.05) is 0 Å². The average molecular weight is 645 g/mol. The number of ether oxygens (including phenoxy) is 2. The van der Waals surface area contributed by atoms with Crippen LogP contribution in [-0.2, 0) is 32.2 Å². The molecule has 12 nitrogen and oxygen atoms in total. The minimum atomic E-state index is -1.79. The molecule has 4 atom stereocenters. The number of benzene rings is 1. The molecule has 0 spiro atoms. The summed E-state index contributed by atoms with van der Waals surface area (Å²) < 4.78 is 25.7. The van der Waals surface area contributed by atoms with Gasteiger partial charge in [0.15, 0.2) is 0 Å². The van der Waals surface area contributed by atoms with Gasteiger partial charge in [-0.15, -0.1) is 0 Å². The molecule has 1 unspecified atom stereocenters. The van der Waals surface area contributed by atoms with Crippen LogP contribution < -0.4 is 10.6 Å². The van der Waals surface area contributed by atoms with Crippen LogP contribution in [-0.4, -0.2) is 87.7 Å². The van der Waals surface area contributed by atoms with Gasteiger partial charge in [-0.3, -0.25) is 14.5 Å². The molecule has 3 heterocycles. The van der Waals surface area contributed by atoms with E-state index in [0.29, 0.717) is 36.8 Å². The summed E-state index contributed by atoms with van der Waals surface area (Å²) in [7, 11) is -1.79. The first-order valence-corrected chi connectivity index (χ1v) is 16.9. The van der Waals surface area contributed by atoms with Crippen molar-refractivity contribution in [3.8, 4) is 0 Å². The summed E-state index contributed by atoms with van der Waals surface area (Å²) in [4.78, 5) is 56.5. The van der Waals surface area contributed by atoms with Gasteiger partial charge in [0.2, 0.25) is 11.8 Å². The summed E-state index contributed by atoms with van der Waals surface area (Å²) in [5.74, 6) is -2.43. The van der Waals surface area contributed by atoms with Crippen molar-refractivity contribution in [3.63, 3.8) is 0 Å². The Bertz CT molecular complexity index is 1250. The first-order chi connectivity index (χ1) is 22.2. The van der Waals surface area contributed by atoms with Crippen LogP contribution in [0.25, 0.3) is 0 Å². The monoisotopic (exact) mass is 644 g/mol. The van der Waals surface area contributed by atoms with E-state index >= 15 is 0 Å². The molecule has 4 N–H and O–H groups in total. The van der Waals surface area contributed by atoms with Gasteiger partial charge in [0.1, 0.15) is 30.1 Å². The third kappa shape index (κ3) is 8.70. The standard InChI is InChI=1S/C32H46BFN4O8/c34-25-14-10-11-21-18-37(20-24(21)25)32(42)46-23-17-27-29(39)36-28(33(43)44)16-7-5-3-1-2-4-6-15-26(30(40)38(27)19-23)35-31(41)45-22-12-8-9-13-22/h10-11,14,22-23,26-28,43-44H,1-9,12-13,15-20H2,(H,35,41)(H,36,39)/t23-,26?,27+,28-/m1/s1. The predicted octanol–water partition coefficient (Wildman–Crippen LogP) is 3.31. The molecule has 0 aromatic heterocycles. The van der Waals surface area contributed by atoms with Crippen LogP contribution in [0.1, 0.15) is 101 Å². The van der Waals surface area contributed by atoms with Gasteiger partial charge < -0.3 is 35.1 Å². The lowest BCUT2D eigenvalue weighted by molar-refractivity contribution is -0.140. The second-order valence-corrected chi connectivity index (χ2v) is 13.1. The largest absolute Gasteiger partial charge is 0.475 e. The van der Waals surface area contributed by atoms with Gasteiger partial charge in [-0.2, -0.15) is 0 Å².